The number of thiophene rings is 1. The minimum Gasteiger partial charge on any atom is -0.493 e. The van der Waals surface area contributed by atoms with E-state index < -0.39 is 0 Å². The van der Waals surface area contributed by atoms with Gasteiger partial charge in [-0.05, 0) is 48.6 Å². The lowest BCUT2D eigenvalue weighted by molar-refractivity contribution is 0.355. The Morgan fingerprint density at radius 3 is 2.75 bits per heavy atom. The fraction of sp³-hybridized carbons (Fsp3) is 0.294. The molecule has 0 radical (unpaired) electrons. The Balaban J connectivity index is 1.80. The van der Waals surface area contributed by atoms with E-state index in [0.29, 0.717) is 11.5 Å². The van der Waals surface area contributed by atoms with Gasteiger partial charge in [0.15, 0.2) is 11.5 Å². The smallest absolute Gasteiger partial charge is 0.225 e. The number of nitrogens with one attached hydrogen (secondary N) is 1. The normalized spacial score (nSPS) is 13.1. The van der Waals surface area contributed by atoms with E-state index in [9.17, 15) is 0 Å². The number of hydrogen-bond acceptors (Lipinski definition) is 6. The molecule has 1 aliphatic carbocycles. The van der Waals surface area contributed by atoms with Crippen molar-refractivity contribution in [2.45, 2.75) is 19.3 Å². The SMILES string of the molecule is COc1ccc(Nc2nc(Cl)nc3sc4c(c23)CCC4)cc1OC. The molecular formula is C17H16ClN3O2S. The van der Waals surface area contributed by atoms with Crippen LogP contribution in [-0.4, -0.2) is 24.2 Å². The molecule has 0 unspecified atom stereocenters. The number of halogens is 1. The fourth-order valence-electron chi connectivity index (χ4n) is 3.11. The van der Waals surface area contributed by atoms with Crippen molar-refractivity contribution < 1.29 is 9.47 Å². The molecule has 4 rings (SSSR count). The maximum atomic E-state index is 6.12. The van der Waals surface area contributed by atoms with Gasteiger partial charge in [0.05, 0.1) is 19.6 Å². The van der Waals surface area contributed by atoms with Crippen LogP contribution >= 0.6 is 22.9 Å². The molecule has 2 aromatic heterocycles. The summed E-state index contributed by atoms with van der Waals surface area (Å²) in [6.07, 6.45) is 3.38. The summed E-state index contributed by atoms with van der Waals surface area (Å²) < 4.78 is 10.6. The van der Waals surface area contributed by atoms with Crippen molar-refractivity contribution in [2.24, 2.45) is 0 Å². The van der Waals surface area contributed by atoms with E-state index in [1.807, 2.05) is 18.2 Å². The van der Waals surface area contributed by atoms with Gasteiger partial charge in [0, 0.05) is 16.6 Å². The number of benzene rings is 1. The third kappa shape index (κ3) is 2.56. The van der Waals surface area contributed by atoms with E-state index in [2.05, 4.69) is 15.3 Å². The standard InChI is InChI=1S/C17H16ClN3O2S/c1-22-11-7-6-9(8-12(11)23-2)19-15-14-10-4-3-5-13(10)24-16(14)21-17(18)20-15/h6-8H,3-5H2,1-2H3,(H,19,20,21). The van der Waals surface area contributed by atoms with E-state index in [1.54, 1.807) is 25.6 Å². The second kappa shape index (κ2) is 6.11. The Bertz CT molecular complexity index is 926. The molecule has 124 valence electrons. The van der Waals surface area contributed by atoms with E-state index in [4.69, 9.17) is 21.1 Å². The van der Waals surface area contributed by atoms with Gasteiger partial charge in [0.1, 0.15) is 10.6 Å². The van der Waals surface area contributed by atoms with Crippen LogP contribution in [0.1, 0.15) is 16.9 Å². The molecule has 5 nitrogen and oxygen atoms in total. The Morgan fingerprint density at radius 1 is 1.12 bits per heavy atom. The lowest BCUT2D eigenvalue weighted by atomic mass is 10.2. The summed E-state index contributed by atoms with van der Waals surface area (Å²) in [6, 6.07) is 5.67. The minimum absolute atomic E-state index is 0.255. The highest BCUT2D eigenvalue weighted by molar-refractivity contribution is 7.19. The van der Waals surface area contributed by atoms with Crippen molar-refractivity contribution in [1.82, 2.24) is 9.97 Å². The predicted octanol–water partition coefficient (Wildman–Crippen LogP) is 4.59. The van der Waals surface area contributed by atoms with Gasteiger partial charge in [-0.1, -0.05) is 0 Å². The molecule has 1 aromatic carbocycles. The first-order valence-electron chi connectivity index (χ1n) is 7.66. The summed E-state index contributed by atoms with van der Waals surface area (Å²) in [4.78, 5) is 11.2. The Kier molecular flexibility index (Phi) is 3.94. The number of rotatable bonds is 4. The topological polar surface area (TPSA) is 56.3 Å². The zero-order chi connectivity index (χ0) is 16.7. The zero-order valence-electron chi connectivity index (χ0n) is 13.4. The van der Waals surface area contributed by atoms with Gasteiger partial charge in [0.25, 0.3) is 0 Å². The third-order valence-corrected chi connectivity index (χ3v) is 5.54. The summed E-state index contributed by atoms with van der Waals surface area (Å²) in [6.45, 7) is 0. The van der Waals surface area contributed by atoms with Gasteiger partial charge in [-0.25, -0.2) is 4.98 Å². The molecular weight excluding hydrogens is 346 g/mol. The van der Waals surface area contributed by atoms with Crippen molar-refractivity contribution in [3.8, 4) is 11.5 Å². The molecule has 0 amide bonds. The summed E-state index contributed by atoms with van der Waals surface area (Å²) in [5.41, 5.74) is 2.22. The first-order chi connectivity index (χ1) is 11.7. The van der Waals surface area contributed by atoms with Gasteiger partial charge >= 0.3 is 0 Å². The van der Waals surface area contributed by atoms with Gasteiger partial charge in [0.2, 0.25) is 5.28 Å². The summed E-state index contributed by atoms with van der Waals surface area (Å²) >= 11 is 7.84. The van der Waals surface area contributed by atoms with Crippen LogP contribution in [0.2, 0.25) is 5.28 Å². The molecule has 0 aliphatic heterocycles. The number of nitrogens with zero attached hydrogens (tertiary/aromatic N) is 2. The first-order valence-corrected chi connectivity index (χ1v) is 8.86. The molecule has 24 heavy (non-hydrogen) atoms. The fourth-order valence-corrected chi connectivity index (χ4v) is 4.59. The van der Waals surface area contributed by atoms with E-state index in [1.165, 1.54) is 16.9 Å². The molecule has 1 N–H and O–H groups in total. The van der Waals surface area contributed by atoms with Crippen molar-refractivity contribution in [3.05, 3.63) is 33.9 Å². The van der Waals surface area contributed by atoms with Crippen LogP contribution in [-0.2, 0) is 12.8 Å². The highest BCUT2D eigenvalue weighted by atomic mass is 35.5. The van der Waals surface area contributed by atoms with Crippen LogP contribution in [0.3, 0.4) is 0 Å². The highest BCUT2D eigenvalue weighted by Crippen LogP contribution is 2.41. The number of anilines is 2. The second-order valence-corrected chi connectivity index (χ2v) is 7.00. The van der Waals surface area contributed by atoms with Crippen LogP contribution in [0.15, 0.2) is 18.2 Å². The number of methoxy groups -OCH3 is 2. The Labute approximate surface area is 148 Å². The average molecular weight is 362 g/mol. The number of ether oxygens (including phenoxy) is 2. The van der Waals surface area contributed by atoms with Gasteiger partial charge in [-0.15, -0.1) is 11.3 Å². The Hall–Kier alpha value is -2.05. The maximum Gasteiger partial charge on any atom is 0.225 e. The van der Waals surface area contributed by atoms with Crippen molar-refractivity contribution in [2.75, 3.05) is 19.5 Å². The highest BCUT2D eigenvalue weighted by Gasteiger charge is 2.22. The van der Waals surface area contributed by atoms with Gasteiger partial charge < -0.3 is 14.8 Å². The number of aromatic nitrogens is 2. The largest absolute Gasteiger partial charge is 0.493 e. The monoisotopic (exact) mass is 361 g/mol. The van der Waals surface area contributed by atoms with Crippen LogP contribution in [0.25, 0.3) is 10.2 Å². The molecule has 0 bridgehead atoms. The molecule has 2 heterocycles. The van der Waals surface area contributed by atoms with Crippen LogP contribution in [0.5, 0.6) is 11.5 Å². The van der Waals surface area contributed by atoms with E-state index in [-0.39, 0.29) is 5.28 Å². The number of fused-ring (bicyclic) bond motifs is 3. The van der Waals surface area contributed by atoms with Crippen molar-refractivity contribution in [3.63, 3.8) is 0 Å². The average Bonchev–Trinajstić information content (AvgIpc) is 3.14. The van der Waals surface area contributed by atoms with E-state index in [0.717, 1.165) is 34.6 Å². The van der Waals surface area contributed by atoms with Crippen LogP contribution in [0, 0.1) is 0 Å². The molecule has 1 aliphatic rings. The lowest BCUT2D eigenvalue weighted by Gasteiger charge is -2.12. The zero-order valence-corrected chi connectivity index (χ0v) is 14.9. The van der Waals surface area contributed by atoms with Crippen LogP contribution < -0.4 is 14.8 Å². The molecule has 3 aromatic rings. The molecule has 7 heteroatoms. The van der Waals surface area contributed by atoms with Gasteiger partial charge in [-0.2, -0.15) is 4.98 Å². The number of hydrogen-bond donors (Lipinski definition) is 1. The Morgan fingerprint density at radius 2 is 1.96 bits per heavy atom. The molecule has 0 saturated carbocycles. The van der Waals surface area contributed by atoms with Crippen LogP contribution in [0.4, 0.5) is 11.5 Å². The molecule has 0 atom stereocenters. The van der Waals surface area contributed by atoms with E-state index >= 15 is 0 Å². The molecule has 0 saturated heterocycles. The summed E-state index contributed by atoms with van der Waals surface area (Å²) in [5.74, 6) is 2.09. The molecule has 0 fully saturated rings. The number of aryl methyl sites for hydroxylation is 2. The molecule has 0 spiro atoms. The first kappa shape index (κ1) is 15.5. The predicted molar refractivity (Wildman–Crippen MR) is 97.3 cm³/mol. The van der Waals surface area contributed by atoms with Gasteiger partial charge in [-0.3, -0.25) is 0 Å². The third-order valence-electron chi connectivity index (χ3n) is 4.18. The second-order valence-electron chi connectivity index (χ2n) is 5.57. The minimum atomic E-state index is 0.255. The van der Waals surface area contributed by atoms with Crippen molar-refractivity contribution in [1.29, 1.82) is 0 Å². The quantitative estimate of drug-likeness (QED) is 0.688. The lowest BCUT2D eigenvalue weighted by Crippen LogP contribution is -1.98. The van der Waals surface area contributed by atoms with Crippen molar-refractivity contribution >= 4 is 44.7 Å². The maximum absolute atomic E-state index is 6.12. The summed E-state index contributed by atoms with van der Waals surface area (Å²) in [5, 5.41) is 4.71. The summed E-state index contributed by atoms with van der Waals surface area (Å²) in [7, 11) is 3.24.